The third kappa shape index (κ3) is 4.87. The van der Waals surface area contributed by atoms with Crippen molar-refractivity contribution in [3.05, 3.63) is 34.5 Å². The third-order valence-corrected chi connectivity index (χ3v) is 4.82. The molecule has 2 heterocycles. The number of ketones is 1. The van der Waals surface area contributed by atoms with E-state index >= 15 is 0 Å². The van der Waals surface area contributed by atoms with Gasteiger partial charge in [0.15, 0.2) is 16.9 Å². The first-order chi connectivity index (χ1) is 11.5. The number of rotatable bonds is 7. The van der Waals surface area contributed by atoms with Crippen molar-refractivity contribution in [2.24, 2.45) is 0 Å². The minimum absolute atomic E-state index is 0.197. The molecule has 0 radical (unpaired) electrons. The highest BCUT2D eigenvalue weighted by Gasteiger charge is 2.26. The molecule has 0 aliphatic rings. The first-order valence-electron chi connectivity index (χ1n) is 7.03. The average molecular weight is 365 g/mol. The highest BCUT2D eigenvalue weighted by molar-refractivity contribution is 8.01. The molecule has 2 rings (SSSR count). The van der Waals surface area contributed by atoms with E-state index < -0.39 is 11.2 Å². The van der Waals surface area contributed by atoms with E-state index in [1.807, 2.05) is 0 Å². The number of nitrogens with zero attached hydrogens (tertiary/aromatic N) is 2. The van der Waals surface area contributed by atoms with Gasteiger partial charge in [-0.15, -0.1) is 21.5 Å². The van der Waals surface area contributed by atoms with Crippen LogP contribution in [0.25, 0.3) is 0 Å². The summed E-state index contributed by atoms with van der Waals surface area (Å²) < 4.78 is 4.87. The number of hydrogen-bond donors (Lipinski definition) is 1. The van der Waals surface area contributed by atoms with Gasteiger partial charge in [0, 0.05) is 0 Å². The Hall–Kier alpha value is -2.26. The Balaban J connectivity index is 2.01. The summed E-state index contributed by atoms with van der Waals surface area (Å²) >= 11 is 2.28. The normalized spacial score (nSPS) is 11.6. The Kier molecular flexibility index (Phi) is 6.44. The molecule has 0 saturated heterocycles. The van der Waals surface area contributed by atoms with Gasteiger partial charge in [-0.3, -0.25) is 14.4 Å². The highest BCUT2D eigenvalue weighted by Crippen LogP contribution is 2.23. The zero-order chi connectivity index (χ0) is 17.5. The van der Waals surface area contributed by atoms with E-state index in [9.17, 15) is 14.4 Å². The standard InChI is InChI=1S/C15H15N3O4S2/c1-3-22-15(21)13(9(2)19)24-12-7-6-11(17-18-12)16-14(20)10-5-4-8-23-10/h4-8,13H,3H2,1-2H3,(H,16,17,20). The number of esters is 1. The summed E-state index contributed by atoms with van der Waals surface area (Å²) in [6.07, 6.45) is 0. The van der Waals surface area contributed by atoms with Crippen molar-refractivity contribution >= 4 is 46.6 Å². The van der Waals surface area contributed by atoms with Crippen LogP contribution in [0.5, 0.6) is 0 Å². The fourth-order valence-electron chi connectivity index (χ4n) is 1.67. The second kappa shape index (κ2) is 8.55. The van der Waals surface area contributed by atoms with Crippen LogP contribution in [0.1, 0.15) is 23.5 Å². The Morgan fingerprint density at radius 2 is 2.08 bits per heavy atom. The van der Waals surface area contributed by atoms with Gasteiger partial charge in [-0.05, 0) is 37.4 Å². The molecule has 0 bridgehead atoms. The van der Waals surface area contributed by atoms with Crippen LogP contribution in [0.15, 0.2) is 34.7 Å². The van der Waals surface area contributed by atoms with Crippen LogP contribution in [0.4, 0.5) is 5.82 Å². The topological polar surface area (TPSA) is 98.2 Å². The Labute approximate surface area is 146 Å². The summed E-state index contributed by atoms with van der Waals surface area (Å²) in [4.78, 5) is 35.8. The van der Waals surface area contributed by atoms with E-state index in [0.29, 0.717) is 9.90 Å². The molecule has 7 nitrogen and oxygen atoms in total. The van der Waals surface area contributed by atoms with Gasteiger partial charge < -0.3 is 10.1 Å². The molecule has 1 N–H and O–H groups in total. The van der Waals surface area contributed by atoms with Crippen molar-refractivity contribution < 1.29 is 19.1 Å². The molecule has 0 saturated carbocycles. The van der Waals surface area contributed by atoms with Crippen LogP contribution in [0.3, 0.4) is 0 Å². The lowest BCUT2D eigenvalue weighted by Crippen LogP contribution is -2.27. The first-order valence-corrected chi connectivity index (χ1v) is 8.79. The van der Waals surface area contributed by atoms with Crippen molar-refractivity contribution in [2.45, 2.75) is 24.1 Å². The minimum Gasteiger partial charge on any atom is -0.465 e. The predicted molar refractivity (Wildman–Crippen MR) is 91.3 cm³/mol. The molecule has 1 unspecified atom stereocenters. The fourth-order valence-corrected chi connectivity index (χ4v) is 3.10. The summed E-state index contributed by atoms with van der Waals surface area (Å²) in [5.41, 5.74) is 0. The maximum atomic E-state index is 11.9. The molecule has 0 fully saturated rings. The molecule has 0 aromatic carbocycles. The number of anilines is 1. The third-order valence-electron chi connectivity index (χ3n) is 2.74. The van der Waals surface area contributed by atoms with E-state index in [4.69, 9.17) is 4.74 Å². The fraction of sp³-hybridized carbons (Fsp3) is 0.267. The van der Waals surface area contributed by atoms with Crippen molar-refractivity contribution in [2.75, 3.05) is 11.9 Å². The van der Waals surface area contributed by atoms with Gasteiger partial charge in [0.1, 0.15) is 5.03 Å². The van der Waals surface area contributed by atoms with Crippen LogP contribution >= 0.6 is 23.1 Å². The van der Waals surface area contributed by atoms with Gasteiger partial charge in [-0.1, -0.05) is 17.8 Å². The van der Waals surface area contributed by atoms with Gasteiger partial charge in [0.05, 0.1) is 11.5 Å². The molecule has 1 atom stereocenters. The lowest BCUT2D eigenvalue weighted by atomic mass is 10.3. The zero-order valence-electron chi connectivity index (χ0n) is 13.0. The van der Waals surface area contributed by atoms with Gasteiger partial charge >= 0.3 is 5.97 Å². The van der Waals surface area contributed by atoms with Crippen LogP contribution in [0, 0.1) is 0 Å². The second-order valence-electron chi connectivity index (χ2n) is 4.55. The second-order valence-corrected chi connectivity index (χ2v) is 6.62. The average Bonchev–Trinajstić information content (AvgIpc) is 3.08. The number of amides is 1. The summed E-state index contributed by atoms with van der Waals surface area (Å²) in [6, 6.07) is 6.62. The molecule has 0 aliphatic carbocycles. The van der Waals surface area contributed by atoms with Crippen LogP contribution in [0.2, 0.25) is 0 Å². The number of thioether (sulfide) groups is 1. The van der Waals surface area contributed by atoms with Crippen LogP contribution < -0.4 is 5.32 Å². The summed E-state index contributed by atoms with van der Waals surface area (Å²) in [5.74, 6) is -0.914. The monoisotopic (exact) mass is 365 g/mol. The number of Topliss-reactive ketones (excluding diaryl/α,β-unsaturated/α-hetero) is 1. The molecular formula is C15H15N3O4S2. The number of carbonyl (C=O) groups excluding carboxylic acids is 3. The first kappa shape index (κ1) is 18.1. The molecule has 24 heavy (non-hydrogen) atoms. The minimum atomic E-state index is -0.981. The maximum absolute atomic E-state index is 11.9. The van der Waals surface area contributed by atoms with Crippen molar-refractivity contribution in [1.82, 2.24) is 10.2 Å². The molecule has 0 spiro atoms. The van der Waals surface area contributed by atoms with Crippen molar-refractivity contribution in [1.29, 1.82) is 0 Å². The van der Waals surface area contributed by atoms with Crippen molar-refractivity contribution in [3.63, 3.8) is 0 Å². The molecular weight excluding hydrogens is 350 g/mol. The number of thiophene rings is 1. The van der Waals surface area contributed by atoms with Gasteiger partial charge in [0.2, 0.25) is 0 Å². The Morgan fingerprint density at radius 3 is 2.62 bits per heavy atom. The van der Waals surface area contributed by atoms with Crippen LogP contribution in [-0.4, -0.2) is 39.7 Å². The quantitative estimate of drug-likeness (QED) is 0.457. The Morgan fingerprint density at radius 1 is 1.29 bits per heavy atom. The molecule has 2 aromatic rings. The van der Waals surface area contributed by atoms with E-state index in [1.165, 1.54) is 18.3 Å². The van der Waals surface area contributed by atoms with E-state index in [1.54, 1.807) is 36.6 Å². The summed E-state index contributed by atoms with van der Waals surface area (Å²) in [6.45, 7) is 3.19. The predicted octanol–water partition coefficient (Wildman–Crippen LogP) is 2.40. The van der Waals surface area contributed by atoms with Crippen molar-refractivity contribution in [3.8, 4) is 0 Å². The molecule has 2 aromatic heterocycles. The van der Waals surface area contributed by atoms with Gasteiger partial charge in [-0.25, -0.2) is 0 Å². The van der Waals surface area contributed by atoms with E-state index in [0.717, 1.165) is 11.8 Å². The number of nitrogens with one attached hydrogen (secondary N) is 1. The number of carbonyl (C=O) groups is 3. The maximum Gasteiger partial charge on any atom is 0.327 e. The lowest BCUT2D eigenvalue weighted by molar-refractivity contribution is -0.144. The van der Waals surface area contributed by atoms with E-state index in [2.05, 4.69) is 15.5 Å². The van der Waals surface area contributed by atoms with Crippen LogP contribution in [-0.2, 0) is 14.3 Å². The number of aromatic nitrogens is 2. The summed E-state index contributed by atoms with van der Waals surface area (Å²) in [7, 11) is 0. The molecule has 126 valence electrons. The SMILES string of the molecule is CCOC(=O)C(Sc1ccc(NC(=O)c2cccs2)nn1)C(C)=O. The largest absolute Gasteiger partial charge is 0.465 e. The smallest absolute Gasteiger partial charge is 0.327 e. The lowest BCUT2D eigenvalue weighted by Gasteiger charge is -2.11. The Bertz CT molecular complexity index is 717. The molecule has 0 aliphatic heterocycles. The molecule has 1 amide bonds. The zero-order valence-corrected chi connectivity index (χ0v) is 14.6. The number of hydrogen-bond acceptors (Lipinski definition) is 8. The highest BCUT2D eigenvalue weighted by atomic mass is 32.2. The number of ether oxygens (including phenoxy) is 1. The summed E-state index contributed by atoms with van der Waals surface area (Å²) in [5, 5.41) is 11.6. The van der Waals surface area contributed by atoms with Gasteiger partial charge in [-0.2, -0.15) is 0 Å². The van der Waals surface area contributed by atoms with E-state index in [-0.39, 0.29) is 24.1 Å². The van der Waals surface area contributed by atoms with Gasteiger partial charge in [0.25, 0.3) is 5.91 Å². The molecule has 9 heteroatoms.